The summed E-state index contributed by atoms with van der Waals surface area (Å²) in [5.41, 5.74) is 4.35. The molecule has 0 bridgehead atoms. The van der Waals surface area contributed by atoms with Crippen molar-refractivity contribution in [3.63, 3.8) is 0 Å². The molecule has 2 amide bonds. The molecule has 0 aliphatic heterocycles. The Bertz CT molecular complexity index is 733. The van der Waals surface area contributed by atoms with E-state index < -0.39 is 16.7 Å². The number of hydrazine groups is 1. The lowest BCUT2D eigenvalue weighted by Crippen LogP contribution is -2.41. The third kappa shape index (κ3) is 3.76. The Balaban J connectivity index is 2.00. The number of nitro groups is 1. The van der Waals surface area contributed by atoms with E-state index in [9.17, 15) is 19.7 Å². The number of aromatic nitrogens is 1. The third-order valence-electron chi connectivity index (χ3n) is 2.60. The van der Waals surface area contributed by atoms with Crippen LogP contribution in [0.3, 0.4) is 0 Å². The number of carbonyl (C=O) groups excluding carboxylic acids is 2. The van der Waals surface area contributed by atoms with Crippen molar-refractivity contribution < 1.29 is 14.5 Å². The second-order valence-electron chi connectivity index (χ2n) is 4.09. The molecule has 1 aromatic heterocycles. The average Bonchev–Trinajstić information content (AvgIpc) is 2.53. The van der Waals surface area contributed by atoms with Gasteiger partial charge in [-0.1, -0.05) is 17.7 Å². The third-order valence-corrected chi connectivity index (χ3v) is 2.82. The number of hydrogen-bond acceptors (Lipinski definition) is 5. The van der Waals surface area contributed by atoms with Crippen LogP contribution < -0.4 is 10.9 Å². The lowest BCUT2D eigenvalue weighted by Gasteiger charge is -2.07. The molecule has 0 radical (unpaired) electrons. The molecule has 1 aromatic carbocycles. The number of nitro benzene ring substituents is 1. The number of halogens is 1. The summed E-state index contributed by atoms with van der Waals surface area (Å²) in [4.78, 5) is 37.3. The Morgan fingerprint density at radius 1 is 1.09 bits per heavy atom. The molecule has 1 heterocycles. The van der Waals surface area contributed by atoms with Gasteiger partial charge in [0, 0.05) is 23.9 Å². The van der Waals surface area contributed by atoms with Crippen LogP contribution in [0.15, 0.2) is 42.6 Å². The highest BCUT2D eigenvalue weighted by Gasteiger charge is 2.12. The zero-order valence-electron chi connectivity index (χ0n) is 10.9. The molecule has 0 spiro atoms. The van der Waals surface area contributed by atoms with Crippen LogP contribution in [0.5, 0.6) is 0 Å². The van der Waals surface area contributed by atoms with Gasteiger partial charge in [0.05, 0.1) is 10.5 Å². The fourth-order valence-electron chi connectivity index (χ4n) is 1.53. The molecule has 0 atom stereocenters. The van der Waals surface area contributed by atoms with Gasteiger partial charge in [-0.25, -0.2) is 4.98 Å². The van der Waals surface area contributed by atoms with Crippen LogP contribution in [0, 0.1) is 10.1 Å². The Morgan fingerprint density at radius 3 is 2.36 bits per heavy atom. The molecule has 112 valence electrons. The van der Waals surface area contributed by atoms with Crippen LogP contribution in [0.2, 0.25) is 5.15 Å². The monoisotopic (exact) mass is 320 g/mol. The number of benzene rings is 1. The molecule has 2 aromatic rings. The molecule has 0 fully saturated rings. The molecule has 0 unspecified atom stereocenters. The minimum Gasteiger partial charge on any atom is -0.267 e. The number of carbonyl (C=O) groups is 2. The van der Waals surface area contributed by atoms with Crippen molar-refractivity contribution in [2.24, 2.45) is 0 Å². The molecule has 2 N–H and O–H groups in total. The highest BCUT2D eigenvalue weighted by Crippen LogP contribution is 2.12. The van der Waals surface area contributed by atoms with E-state index in [0.717, 1.165) is 6.07 Å². The molecular weight excluding hydrogens is 312 g/mol. The smallest absolute Gasteiger partial charge is 0.267 e. The number of nitrogens with one attached hydrogen (secondary N) is 2. The zero-order chi connectivity index (χ0) is 16.1. The van der Waals surface area contributed by atoms with Gasteiger partial charge in [0.15, 0.2) is 0 Å². The first kappa shape index (κ1) is 15.4. The van der Waals surface area contributed by atoms with E-state index in [1.54, 1.807) is 0 Å². The van der Waals surface area contributed by atoms with Crippen LogP contribution in [0.4, 0.5) is 5.69 Å². The van der Waals surface area contributed by atoms with Crippen molar-refractivity contribution in [3.8, 4) is 0 Å². The standard InChI is InChI=1S/C13H9ClN4O4/c14-11-5-4-9(7-15-11)13(20)17-16-12(19)8-2-1-3-10(6-8)18(21)22/h1-7H,(H,16,19)(H,17,20). The summed E-state index contributed by atoms with van der Waals surface area (Å²) < 4.78 is 0. The maximum Gasteiger partial charge on any atom is 0.271 e. The second kappa shape index (κ2) is 6.64. The van der Waals surface area contributed by atoms with E-state index in [1.165, 1.54) is 36.5 Å². The van der Waals surface area contributed by atoms with Gasteiger partial charge in [-0.2, -0.15) is 0 Å². The summed E-state index contributed by atoms with van der Waals surface area (Å²) in [6.45, 7) is 0. The van der Waals surface area contributed by atoms with E-state index >= 15 is 0 Å². The van der Waals surface area contributed by atoms with Crippen LogP contribution >= 0.6 is 11.6 Å². The Morgan fingerprint density at radius 2 is 1.77 bits per heavy atom. The van der Waals surface area contributed by atoms with Gasteiger partial charge in [-0.3, -0.25) is 30.6 Å². The quantitative estimate of drug-likeness (QED) is 0.507. The minimum atomic E-state index is -0.682. The fraction of sp³-hybridized carbons (Fsp3) is 0. The molecular formula is C13H9ClN4O4. The SMILES string of the molecule is O=C(NNC(=O)c1cccc([N+](=O)[O-])c1)c1ccc(Cl)nc1. The lowest BCUT2D eigenvalue weighted by atomic mass is 10.2. The van der Waals surface area contributed by atoms with Crippen molar-refractivity contribution in [3.05, 3.63) is 69.0 Å². The van der Waals surface area contributed by atoms with E-state index in [1.807, 2.05) is 0 Å². The van der Waals surface area contributed by atoms with E-state index in [4.69, 9.17) is 11.6 Å². The van der Waals surface area contributed by atoms with Crippen molar-refractivity contribution in [2.75, 3.05) is 0 Å². The molecule has 0 aliphatic rings. The molecule has 0 aliphatic carbocycles. The first-order chi connectivity index (χ1) is 10.5. The summed E-state index contributed by atoms with van der Waals surface area (Å²) in [6.07, 6.45) is 1.25. The van der Waals surface area contributed by atoms with Crippen LogP contribution in [-0.4, -0.2) is 21.7 Å². The topological polar surface area (TPSA) is 114 Å². The normalized spacial score (nSPS) is 9.86. The predicted molar refractivity (Wildman–Crippen MR) is 77.3 cm³/mol. The van der Waals surface area contributed by atoms with Crippen molar-refractivity contribution in [1.29, 1.82) is 0 Å². The number of non-ortho nitro benzene ring substituents is 1. The first-order valence-corrected chi connectivity index (χ1v) is 6.32. The average molecular weight is 321 g/mol. The fourth-order valence-corrected chi connectivity index (χ4v) is 1.64. The van der Waals surface area contributed by atoms with Gasteiger partial charge in [0.2, 0.25) is 0 Å². The summed E-state index contributed by atoms with van der Waals surface area (Å²) in [5, 5.41) is 10.9. The molecule has 9 heteroatoms. The number of amides is 2. The van der Waals surface area contributed by atoms with Gasteiger partial charge in [-0.15, -0.1) is 0 Å². The largest absolute Gasteiger partial charge is 0.271 e. The molecule has 2 rings (SSSR count). The molecule has 22 heavy (non-hydrogen) atoms. The number of hydrogen-bond donors (Lipinski definition) is 2. The number of nitrogens with zero attached hydrogens (tertiary/aromatic N) is 2. The summed E-state index contributed by atoms with van der Waals surface area (Å²) in [7, 11) is 0. The van der Waals surface area contributed by atoms with Crippen molar-refractivity contribution in [2.45, 2.75) is 0 Å². The minimum absolute atomic E-state index is 0.0451. The maximum absolute atomic E-state index is 11.8. The highest BCUT2D eigenvalue weighted by atomic mass is 35.5. The Hall–Kier alpha value is -3.00. The van der Waals surface area contributed by atoms with Gasteiger partial charge < -0.3 is 0 Å². The summed E-state index contributed by atoms with van der Waals surface area (Å²) in [6, 6.07) is 7.99. The molecule has 0 saturated carbocycles. The van der Waals surface area contributed by atoms with E-state index in [-0.39, 0.29) is 22.0 Å². The van der Waals surface area contributed by atoms with Gasteiger partial charge in [0.25, 0.3) is 17.5 Å². The van der Waals surface area contributed by atoms with Crippen molar-refractivity contribution >= 4 is 29.1 Å². The summed E-state index contributed by atoms with van der Waals surface area (Å²) >= 11 is 5.60. The summed E-state index contributed by atoms with van der Waals surface area (Å²) in [5.74, 6) is -1.28. The van der Waals surface area contributed by atoms with Gasteiger partial charge >= 0.3 is 0 Å². The molecule has 0 saturated heterocycles. The van der Waals surface area contributed by atoms with Crippen LogP contribution in [-0.2, 0) is 0 Å². The van der Waals surface area contributed by atoms with E-state index in [2.05, 4.69) is 15.8 Å². The van der Waals surface area contributed by atoms with E-state index in [0.29, 0.717) is 0 Å². The van der Waals surface area contributed by atoms with Crippen LogP contribution in [0.1, 0.15) is 20.7 Å². The van der Waals surface area contributed by atoms with Gasteiger partial charge in [0.1, 0.15) is 5.15 Å². The Labute approximate surface area is 129 Å². The van der Waals surface area contributed by atoms with Crippen LogP contribution in [0.25, 0.3) is 0 Å². The second-order valence-corrected chi connectivity index (χ2v) is 4.47. The Kier molecular flexibility index (Phi) is 4.64. The highest BCUT2D eigenvalue weighted by molar-refractivity contribution is 6.29. The lowest BCUT2D eigenvalue weighted by molar-refractivity contribution is -0.384. The first-order valence-electron chi connectivity index (χ1n) is 5.94. The number of pyridine rings is 1. The van der Waals surface area contributed by atoms with Crippen molar-refractivity contribution in [1.82, 2.24) is 15.8 Å². The molecule has 8 nitrogen and oxygen atoms in total. The predicted octanol–water partition coefficient (Wildman–Crippen LogP) is 1.72. The maximum atomic E-state index is 11.8. The van der Waals surface area contributed by atoms with Gasteiger partial charge in [-0.05, 0) is 18.2 Å². The zero-order valence-corrected chi connectivity index (χ0v) is 11.7. The number of rotatable bonds is 3.